The summed E-state index contributed by atoms with van der Waals surface area (Å²) in [5.74, 6) is -1.38. The van der Waals surface area contributed by atoms with Crippen LogP contribution in [0.5, 0.6) is 0 Å². The van der Waals surface area contributed by atoms with Crippen LogP contribution >= 0.6 is 0 Å². The van der Waals surface area contributed by atoms with Gasteiger partial charge >= 0.3 is 6.55 Å². The molecule has 0 spiro atoms. The molecule has 4 aliphatic rings. The molecule has 0 saturated carbocycles. The molecule has 11 nitrogen and oxygen atoms in total. The first-order valence-corrected chi connectivity index (χ1v) is 19.1. The number of piperazine rings is 1. The van der Waals surface area contributed by atoms with Crippen LogP contribution in [0, 0.1) is 17.6 Å². The van der Waals surface area contributed by atoms with Gasteiger partial charge in [-0.2, -0.15) is 8.78 Å². The van der Waals surface area contributed by atoms with Crippen LogP contribution in [0.1, 0.15) is 54.6 Å². The Balaban J connectivity index is 0.772. The zero-order valence-electron chi connectivity index (χ0n) is 30.6. The zero-order chi connectivity index (χ0) is 38.7. The molecular formula is C41H40F4N8O3. The number of nitrogens with zero attached hydrogens (tertiary/aromatic N) is 7. The number of fused-ring (bicyclic) bond motifs is 4. The summed E-state index contributed by atoms with van der Waals surface area (Å²) in [7, 11) is 0. The summed E-state index contributed by atoms with van der Waals surface area (Å²) in [6, 6.07) is 10.7. The lowest BCUT2D eigenvalue weighted by atomic mass is 9.93. The molecule has 56 heavy (non-hydrogen) atoms. The number of hydrogen-bond acceptors (Lipinski definition) is 8. The Hall–Kier alpha value is -5.57. The van der Waals surface area contributed by atoms with E-state index >= 15 is 8.78 Å². The number of pyridine rings is 2. The van der Waals surface area contributed by atoms with Gasteiger partial charge in [-0.05, 0) is 74.0 Å². The first-order valence-electron chi connectivity index (χ1n) is 19.1. The summed E-state index contributed by atoms with van der Waals surface area (Å²) in [5.41, 5.74) is 2.86. The highest BCUT2D eigenvalue weighted by Crippen LogP contribution is 2.37. The van der Waals surface area contributed by atoms with Gasteiger partial charge in [-0.25, -0.2) is 13.8 Å². The number of hydrogen-bond donors (Lipinski definition) is 1. The monoisotopic (exact) mass is 768 g/mol. The van der Waals surface area contributed by atoms with E-state index in [4.69, 9.17) is 0 Å². The number of carbonyl (C=O) groups is 3. The van der Waals surface area contributed by atoms with Crippen molar-refractivity contribution in [2.45, 2.75) is 51.2 Å². The number of amides is 3. The number of imide groups is 1. The van der Waals surface area contributed by atoms with Crippen molar-refractivity contribution in [1.29, 1.82) is 0 Å². The standard InChI is InChI=1S/C41H40F4N8O3/c42-31-19-26(25-1-2-27-29-22-46-11-7-32(29)53(41(44)45)35(27)20-25)21-47-38(31)51-13-9-24(10-14-51)8-12-49-15-17-50(18-16-49)33-4-3-28-30(37(33)43)23-52(40(28)56)34-5-6-36(54)48-39(34)55/h1-4,7,11,19-22,24,34,41H,5-6,8-10,12-18,23H2,(H,48,54,55). The highest BCUT2D eigenvalue weighted by Gasteiger charge is 2.41. The molecule has 2 aromatic carbocycles. The van der Waals surface area contributed by atoms with Crippen molar-refractivity contribution in [1.82, 2.24) is 29.7 Å². The fourth-order valence-corrected chi connectivity index (χ4v) is 8.95. The van der Waals surface area contributed by atoms with E-state index in [-0.39, 0.29) is 30.9 Å². The number of halogens is 4. The number of nitrogens with one attached hydrogen (secondary N) is 1. The maximum Gasteiger partial charge on any atom is 0.319 e. The smallest absolute Gasteiger partial charge is 0.319 e. The Morgan fingerprint density at radius 1 is 0.821 bits per heavy atom. The predicted molar refractivity (Wildman–Crippen MR) is 202 cm³/mol. The van der Waals surface area contributed by atoms with E-state index < -0.39 is 36.0 Å². The second-order valence-corrected chi connectivity index (χ2v) is 15.2. The van der Waals surface area contributed by atoms with Gasteiger partial charge in [-0.1, -0.05) is 12.1 Å². The molecule has 3 fully saturated rings. The second-order valence-electron chi connectivity index (χ2n) is 15.2. The van der Waals surface area contributed by atoms with Crippen LogP contribution in [-0.4, -0.2) is 93.9 Å². The molecule has 4 aliphatic heterocycles. The summed E-state index contributed by atoms with van der Waals surface area (Å²) in [5, 5.41) is 3.56. The molecule has 5 aromatic rings. The summed E-state index contributed by atoms with van der Waals surface area (Å²) in [4.78, 5) is 53.4. The Morgan fingerprint density at radius 3 is 2.38 bits per heavy atom. The lowest BCUT2D eigenvalue weighted by Crippen LogP contribution is -2.52. The maximum atomic E-state index is 15.9. The van der Waals surface area contributed by atoms with Gasteiger partial charge in [0.15, 0.2) is 17.5 Å². The third kappa shape index (κ3) is 6.40. The lowest BCUT2D eigenvalue weighted by Gasteiger charge is -2.38. The first-order chi connectivity index (χ1) is 27.1. The van der Waals surface area contributed by atoms with E-state index in [1.54, 1.807) is 48.8 Å². The van der Waals surface area contributed by atoms with Crippen LogP contribution in [0.4, 0.5) is 29.1 Å². The fourth-order valence-electron chi connectivity index (χ4n) is 8.95. The molecule has 15 heteroatoms. The fraction of sp³-hybridized carbons (Fsp3) is 0.390. The van der Waals surface area contributed by atoms with E-state index in [9.17, 15) is 23.2 Å². The topological polar surface area (TPSA) is 107 Å². The van der Waals surface area contributed by atoms with Gasteiger partial charge in [0, 0.05) is 91.7 Å². The number of alkyl halides is 2. The molecule has 7 heterocycles. The van der Waals surface area contributed by atoms with Crippen LogP contribution in [0.25, 0.3) is 32.9 Å². The Bertz CT molecular complexity index is 2370. The molecule has 9 rings (SSSR count). The molecule has 3 amide bonds. The average Bonchev–Trinajstić information content (AvgIpc) is 3.72. The molecule has 1 atom stereocenters. The number of benzene rings is 2. The summed E-state index contributed by atoms with van der Waals surface area (Å²) in [6.07, 6.45) is 7.84. The Morgan fingerprint density at radius 2 is 1.62 bits per heavy atom. The number of aromatic nitrogens is 3. The summed E-state index contributed by atoms with van der Waals surface area (Å²) < 4.78 is 60.6. The van der Waals surface area contributed by atoms with Gasteiger partial charge in [0.05, 0.1) is 23.3 Å². The SMILES string of the molecule is O=C1CCC(N2Cc3c(ccc(N4CCN(CCC5CCN(c6ncc(-c7ccc8c9cnccc9n(C(F)F)c8c7)cc6F)CC5)CC4)c3F)C2=O)C(=O)N1. The molecule has 0 bridgehead atoms. The largest absolute Gasteiger partial charge is 0.367 e. The van der Waals surface area contributed by atoms with Crippen molar-refractivity contribution >= 4 is 51.0 Å². The van der Waals surface area contributed by atoms with E-state index in [1.807, 2.05) is 9.80 Å². The Labute approximate surface area is 319 Å². The van der Waals surface area contributed by atoms with Crippen molar-refractivity contribution in [3.63, 3.8) is 0 Å². The minimum absolute atomic E-state index is 0.000964. The normalized spacial score (nSPS) is 19.8. The molecule has 0 radical (unpaired) electrons. The van der Waals surface area contributed by atoms with Gasteiger partial charge < -0.3 is 14.7 Å². The van der Waals surface area contributed by atoms with E-state index in [0.29, 0.717) is 82.1 Å². The van der Waals surface area contributed by atoms with Gasteiger partial charge in [0.25, 0.3) is 5.91 Å². The van der Waals surface area contributed by atoms with Crippen LogP contribution in [0.2, 0.25) is 0 Å². The first kappa shape index (κ1) is 36.1. The van der Waals surface area contributed by atoms with Gasteiger partial charge in [0.2, 0.25) is 11.8 Å². The number of carbonyl (C=O) groups excluding carboxylic acids is 3. The quantitative estimate of drug-likeness (QED) is 0.149. The molecule has 1 N–H and O–H groups in total. The van der Waals surface area contributed by atoms with Gasteiger partial charge in [0.1, 0.15) is 6.04 Å². The molecule has 3 saturated heterocycles. The minimum Gasteiger partial charge on any atom is -0.367 e. The third-order valence-electron chi connectivity index (χ3n) is 12.1. The molecule has 0 aliphatic carbocycles. The van der Waals surface area contributed by atoms with Gasteiger partial charge in [-0.3, -0.25) is 34.2 Å². The molecule has 290 valence electrons. The minimum atomic E-state index is -2.75. The summed E-state index contributed by atoms with van der Waals surface area (Å²) >= 11 is 0. The van der Waals surface area contributed by atoms with Crippen molar-refractivity contribution in [3.8, 4) is 11.1 Å². The van der Waals surface area contributed by atoms with E-state index in [1.165, 1.54) is 17.2 Å². The second kappa shape index (κ2) is 14.5. The molecular weight excluding hydrogens is 728 g/mol. The van der Waals surface area contributed by atoms with Crippen molar-refractivity contribution in [3.05, 3.63) is 83.8 Å². The predicted octanol–water partition coefficient (Wildman–Crippen LogP) is 6.11. The van der Waals surface area contributed by atoms with E-state index in [2.05, 4.69) is 20.2 Å². The summed E-state index contributed by atoms with van der Waals surface area (Å²) in [6.45, 7) is 2.34. The number of anilines is 2. The number of piperidine rings is 2. The van der Waals surface area contributed by atoms with Crippen LogP contribution < -0.4 is 15.1 Å². The highest BCUT2D eigenvalue weighted by molar-refractivity contribution is 6.09. The van der Waals surface area contributed by atoms with Crippen molar-refractivity contribution < 1.29 is 31.9 Å². The zero-order valence-corrected chi connectivity index (χ0v) is 30.6. The van der Waals surface area contributed by atoms with Crippen LogP contribution in [0.15, 0.2) is 61.1 Å². The molecule has 3 aromatic heterocycles. The molecule has 1 unspecified atom stereocenters. The van der Waals surface area contributed by atoms with Crippen molar-refractivity contribution in [2.24, 2.45) is 5.92 Å². The maximum absolute atomic E-state index is 15.9. The third-order valence-corrected chi connectivity index (χ3v) is 12.1. The average molecular weight is 769 g/mol. The van der Waals surface area contributed by atoms with Gasteiger partial charge in [-0.15, -0.1) is 0 Å². The Kier molecular flexibility index (Phi) is 9.34. The van der Waals surface area contributed by atoms with Crippen LogP contribution in [-0.2, 0) is 16.1 Å². The van der Waals surface area contributed by atoms with E-state index in [0.717, 1.165) is 43.5 Å². The number of rotatable bonds is 8. The van der Waals surface area contributed by atoms with Crippen molar-refractivity contribution in [2.75, 3.05) is 55.6 Å². The highest BCUT2D eigenvalue weighted by atomic mass is 19.3. The van der Waals surface area contributed by atoms with Crippen LogP contribution in [0.3, 0.4) is 0 Å². The lowest BCUT2D eigenvalue weighted by molar-refractivity contribution is -0.136.